The van der Waals surface area contributed by atoms with Crippen molar-refractivity contribution >= 4 is 17.9 Å². The second kappa shape index (κ2) is 3.46. The Morgan fingerprint density at radius 3 is 3.07 bits per heavy atom. The van der Waals surface area contributed by atoms with Crippen LogP contribution in [0.3, 0.4) is 0 Å². The van der Waals surface area contributed by atoms with E-state index < -0.39 is 0 Å². The molecule has 0 fully saturated rings. The van der Waals surface area contributed by atoms with Gasteiger partial charge in [-0.25, -0.2) is 4.52 Å². The average molecular weight is 186 g/mol. The van der Waals surface area contributed by atoms with Crippen LogP contribution in [0.1, 0.15) is 11.3 Å². The summed E-state index contributed by atoms with van der Waals surface area (Å²) in [4.78, 5) is 10.2. The third kappa shape index (κ3) is 1.33. The van der Waals surface area contributed by atoms with Crippen LogP contribution in [0.4, 0.5) is 0 Å². The zero-order chi connectivity index (χ0) is 9.97. The fraction of sp³-hybridized carbons (Fsp3) is 0.0909. The summed E-state index contributed by atoms with van der Waals surface area (Å²) in [7, 11) is 0. The Kier molecular flexibility index (Phi) is 2.14. The van der Waals surface area contributed by atoms with Crippen molar-refractivity contribution in [3.05, 3.63) is 41.7 Å². The Hall–Kier alpha value is -1.90. The summed E-state index contributed by atoms with van der Waals surface area (Å²) in [5.41, 5.74) is 2.94. The van der Waals surface area contributed by atoms with E-state index in [1.165, 1.54) is 6.08 Å². The summed E-state index contributed by atoms with van der Waals surface area (Å²) >= 11 is 0. The summed E-state index contributed by atoms with van der Waals surface area (Å²) in [6.45, 7) is 1.93. The van der Waals surface area contributed by atoms with Crippen molar-refractivity contribution < 1.29 is 4.79 Å². The van der Waals surface area contributed by atoms with Gasteiger partial charge in [0.2, 0.25) is 0 Å². The van der Waals surface area contributed by atoms with Crippen molar-refractivity contribution in [1.29, 1.82) is 0 Å². The SMILES string of the molecule is Cc1nn2ccccc2c1C=CC=O. The van der Waals surface area contributed by atoms with E-state index in [9.17, 15) is 4.79 Å². The summed E-state index contributed by atoms with van der Waals surface area (Å²) in [6.07, 6.45) is 5.92. The molecule has 0 saturated heterocycles. The van der Waals surface area contributed by atoms with Gasteiger partial charge in [-0.1, -0.05) is 6.07 Å². The quantitative estimate of drug-likeness (QED) is 0.530. The number of hydrogen-bond donors (Lipinski definition) is 0. The first-order valence-corrected chi connectivity index (χ1v) is 4.39. The molecule has 2 aromatic heterocycles. The highest BCUT2D eigenvalue weighted by atomic mass is 16.1. The molecule has 0 radical (unpaired) electrons. The van der Waals surface area contributed by atoms with Gasteiger partial charge in [0.15, 0.2) is 0 Å². The molecule has 0 aliphatic carbocycles. The van der Waals surface area contributed by atoms with Gasteiger partial charge in [-0.05, 0) is 31.2 Å². The number of allylic oxidation sites excluding steroid dienone is 1. The average Bonchev–Trinajstić information content (AvgIpc) is 2.51. The number of pyridine rings is 1. The van der Waals surface area contributed by atoms with Crippen LogP contribution in [0, 0.1) is 6.92 Å². The molecule has 0 saturated carbocycles. The zero-order valence-corrected chi connectivity index (χ0v) is 7.84. The summed E-state index contributed by atoms with van der Waals surface area (Å²) in [6, 6.07) is 5.85. The third-order valence-electron chi connectivity index (χ3n) is 2.10. The lowest BCUT2D eigenvalue weighted by Gasteiger charge is -1.91. The van der Waals surface area contributed by atoms with Gasteiger partial charge in [0, 0.05) is 11.8 Å². The van der Waals surface area contributed by atoms with E-state index in [0.717, 1.165) is 23.1 Å². The summed E-state index contributed by atoms with van der Waals surface area (Å²) in [5.74, 6) is 0. The van der Waals surface area contributed by atoms with Crippen molar-refractivity contribution in [3.63, 3.8) is 0 Å². The Balaban J connectivity index is 2.67. The maximum absolute atomic E-state index is 10.2. The Morgan fingerprint density at radius 1 is 1.43 bits per heavy atom. The van der Waals surface area contributed by atoms with Gasteiger partial charge in [0.1, 0.15) is 6.29 Å². The van der Waals surface area contributed by atoms with Crippen LogP contribution in [-0.4, -0.2) is 15.9 Å². The smallest absolute Gasteiger partial charge is 0.142 e. The van der Waals surface area contributed by atoms with E-state index in [0.29, 0.717) is 0 Å². The molecule has 0 aliphatic heterocycles. The lowest BCUT2D eigenvalue weighted by Crippen LogP contribution is -1.83. The van der Waals surface area contributed by atoms with Gasteiger partial charge < -0.3 is 0 Å². The molecule has 3 nitrogen and oxygen atoms in total. The molecular weight excluding hydrogens is 176 g/mol. The lowest BCUT2D eigenvalue weighted by atomic mass is 10.2. The zero-order valence-electron chi connectivity index (χ0n) is 7.84. The van der Waals surface area contributed by atoms with Crippen LogP contribution < -0.4 is 0 Å². The fourth-order valence-corrected chi connectivity index (χ4v) is 1.48. The first kappa shape index (κ1) is 8.69. The molecule has 2 rings (SSSR count). The third-order valence-corrected chi connectivity index (χ3v) is 2.10. The molecular formula is C11H10N2O. The molecule has 0 aliphatic rings. The summed E-state index contributed by atoms with van der Waals surface area (Å²) in [5, 5.41) is 4.32. The predicted molar refractivity (Wildman–Crippen MR) is 55.0 cm³/mol. The van der Waals surface area contributed by atoms with Crippen molar-refractivity contribution in [1.82, 2.24) is 9.61 Å². The van der Waals surface area contributed by atoms with E-state index in [-0.39, 0.29) is 0 Å². The maximum atomic E-state index is 10.2. The predicted octanol–water partition coefficient (Wildman–Crippen LogP) is 1.85. The number of carbonyl (C=O) groups is 1. The van der Waals surface area contributed by atoms with Crippen LogP contribution in [-0.2, 0) is 4.79 Å². The topological polar surface area (TPSA) is 34.4 Å². The second-order valence-electron chi connectivity index (χ2n) is 3.02. The Labute approximate surface area is 81.7 Å². The molecule has 0 amide bonds. The molecule has 0 atom stereocenters. The number of fused-ring (bicyclic) bond motifs is 1. The van der Waals surface area contributed by atoms with E-state index in [1.807, 2.05) is 31.3 Å². The number of aromatic nitrogens is 2. The highest BCUT2D eigenvalue weighted by Gasteiger charge is 2.04. The first-order valence-electron chi connectivity index (χ1n) is 4.39. The van der Waals surface area contributed by atoms with Crippen molar-refractivity contribution in [2.24, 2.45) is 0 Å². The molecule has 70 valence electrons. The van der Waals surface area contributed by atoms with Crippen molar-refractivity contribution in [2.75, 3.05) is 0 Å². The van der Waals surface area contributed by atoms with Crippen molar-refractivity contribution in [3.8, 4) is 0 Å². The maximum Gasteiger partial charge on any atom is 0.142 e. The van der Waals surface area contributed by atoms with Gasteiger partial charge in [0.05, 0.1) is 11.2 Å². The monoisotopic (exact) mass is 186 g/mol. The number of nitrogens with zero attached hydrogens (tertiary/aromatic N) is 2. The molecule has 0 bridgehead atoms. The summed E-state index contributed by atoms with van der Waals surface area (Å²) < 4.78 is 1.81. The number of rotatable bonds is 2. The van der Waals surface area contributed by atoms with Gasteiger partial charge >= 0.3 is 0 Å². The van der Waals surface area contributed by atoms with Crippen molar-refractivity contribution in [2.45, 2.75) is 6.92 Å². The number of hydrogen-bond acceptors (Lipinski definition) is 2. The highest BCUT2D eigenvalue weighted by molar-refractivity contribution is 5.79. The molecule has 0 unspecified atom stereocenters. The standard InChI is InChI=1S/C11H10N2O/c1-9-10(5-4-8-14)11-6-2-3-7-13(11)12-9/h2-8H,1H3. The van der Waals surface area contributed by atoms with E-state index in [2.05, 4.69) is 5.10 Å². The van der Waals surface area contributed by atoms with Crippen LogP contribution in [0.5, 0.6) is 0 Å². The minimum Gasteiger partial charge on any atom is -0.299 e. The Morgan fingerprint density at radius 2 is 2.29 bits per heavy atom. The molecule has 2 aromatic rings. The van der Waals surface area contributed by atoms with Crippen LogP contribution in [0.15, 0.2) is 30.5 Å². The normalized spacial score (nSPS) is 11.2. The molecule has 0 spiro atoms. The van der Waals surface area contributed by atoms with Crippen LogP contribution in [0.2, 0.25) is 0 Å². The van der Waals surface area contributed by atoms with Gasteiger partial charge in [-0.3, -0.25) is 4.79 Å². The van der Waals surface area contributed by atoms with Gasteiger partial charge in [-0.2, -0.15) is 5.10 Å². The van der Waals surface area contributed by atoms with Crippen LogP contribution >= 0.6 is 0 Å². The largest absolute Gasteiger partial charge is 0.299 e. The Bertz CT molecular complexity index is 497. The number of aryl methyl sites for hydroxylation is 1. The molecule has 3 heteroatoms. The van der Waals surface area contributed by atoms with Gasteiger partial charge in [0.25, 0.3) is 0 Å². The lowest BCUT2D eigenvalue weighted by molar-refractivity contribution is -0.104. The molecule has 0 aromatic carbocycles. The molecule has 0 N–H and O–H groups in total. The highest BCUT2D eigenvalue weighted by Crippen LogP contribution is 2.15. The first-order chi connectivity index (χ1) is 6.83. The van der Waals surface area contributed by atoms with E-state index in [1.54, 1.807) is 10.6 Å². The van der Waals surface area contributed by atoms with Crippen LogP contribution in [0.25, 0.3) is 11.6 Å². The van der Waals surface area contributed by atoms with Gasteiger partial charge in [-0.15, -0.1) is 0 Å². The van der Waals surface area contributed by atoms with E-state index in [4.69, 9.17) is 0 Å². The number of carbonyl (C=O) groups excluding carboxylic acids is 1. The fourth-order valence-electron chi connectivity index (χ4n) is 1.48. The second-order valence-corrected chi connectivity index (χ2v) is 3.02. The molecule has 2 heterocycles. The number of aldehydes is 1. The molecule has 14 heavy (non-hydrogen) atoms. The minimum atomic E-state index is 0.770. The minimum absolute atomic E-state index is 0.770. The van der Waals surface area contributed by atoms with E-state index >= 15 is 0 Å².